The maximum absolute atomic E-state index is 9.55. The third-order valence-electron chi connectivity index (χ3n) is 3.12. The average molecular weight is 322 g/mol. The number of nitrogens with zero attached hydrogens (tertiary/aromatic N) is 1. The third-order valence-corrected chi connectivity index (χ3v) is 3.12. The molecule has 0 atom stereocenters. The van der Waals surface area contributed by atoms with Crippen LogP contribution in [-0.4, -0.2) is 60.3 Å². The van der Waals surface area contributed by atoms with Gasteiger partial charge in [-0.1, -0.05) is 12.1 Å². The highest BCUT2D eigenvalue weighted by Gasteiger charge is 2.09. The highest BCUT2D eigenvalue weighted by molar-refractivity contribution is 5.89. The summed E-state index contributed by atoms with van der Waals surface area (Å²) < 4.78 is 5.21. The van der Waals surface area contributed by atoms with Gasteiger partial charge in [0.15, 0.2) is 0 Å². The summed E-state index contributed by atoms with van der Waals surface area (Å²) in [5.74, 6) is -1.57. The maximum atomic E-state index is 9.55. The van der Waals surface area contributed by atoms with Crippen molar-refractivity contribution in [3.8, 4) is 5.75 Å². The lowest BCUT2D eigenvalue weighted by atomic mass is 10.2. The van der Waals surface area contributed by atoms with Crippen LogP contribution in [0.1, 0.15) is 5.56 Å². The highest BCUT2D eigenvalue weighted by Crippen LogP contribution is 2.14. The standard InChI is InChI=1S/C12H18N2O.C4H4O4/c1-15-12-4-2-3-11(9-12)10-14-7-5-13-6-8-14;5-3(6)1-2-4(7)8/h2-4,9,13H,5-8,10H2,1H3;1-2H,(H,5,6)(H,7,8)/b;2-1+. The zero-order chi connectivity index (χ0) is 17.1. The summed E-state index contributed by atoms with van der Waals surface area (Å²) >= 11 is 0. The molecule has 1 aliphatic rings. The second-order valence-electron chi connectivity index (χ2n) is 4.89. The van der Waals surface area contributed by atoms with Crippen LogP contribution >= 0.6 is 0 Å². The van der Waals surface area contributed by atoms with Gasteiger partial charge in [-0.05, 0) is 17.7 Å². The number of benzene rings is 1. The van der Waals surface area contributed by atoms with E-state index < -0.39 is 11.9 Å². The molecule has 0 unspecified atom stereocenters. The Labute approximate surface area is 135 Å². The number of aliphatic carboxylic acids is 2. The molecule has 1 heterocycles. The first-order chi connectivity index (χ1) is 11.0. The molecule has 126 valence electrons. The topological polar surface area (TPSA) is 99.1 Å². The summed E-state index contributed by atoms with van der Waals surface area (Å²) in [7, 11) is 1.71. The van der Waals surface area contributed by atoms with Crippen LogP contribution in [-0.2, 0) is 16.1 Å². The van der Waals surface area contributed by atoms with Crippen molar-refractivity contribution in [1.29, 1.82) is 0 Å². The Morgan fingerprint density at radius 2 is 1.83 bits per heavy atom. The number of carbonyl (C=O) groups is 2. The van der Waals surface area contributed by atoms with Crippen LogP contribution in [0.25, 0.3) is 0 Å². The molecule has 3 N–H and O–H groups in total. The van der Waals surface area contributed by atoms with E-state index in [4.69, 9.17) is 14.9 Å². The molecular weight excluding hydrogens is 300 g/mol. The molecule has 1 aromatic rings. The minimum Gasteiger partial charge on any atom is -0.497 e. The average Bonchev–Trinajstić information content (AvgIpc) is 2.55. The van der Waals surface area contributed by atoms with Gasteiger partial charge >= 0.3 is 11.9 Å². The molecular formula is C16H22N2O5. The largest absolute Gasteiger partial charge is 0.497 e. The van der Waals surface area contributed by atoms with Crippen molar-refractivity contribution >= 4 is 11.9 Å². The van der Waals surface area contributed by atoms with Gasteiger partial charge in [-0.2, -0.15) is 0 Å². The van der Waals surface area contributed by atoms with Crippen molar-refractivity contribution in [2.24, 2.45) is 0 Å². The van der Waals surface area contributed by atoms with E-state index in [1.54, 1.807) is 7.11 Å². The first-order valence-corrected chi connectivity index (χ1v) is 7.21. The number of carboxylic acids is 2. The molecule has 2 rings (SSSR count). The molecule has 0 aromatic heterocycles. The fourth-order valence-electron chi connectivity index (χ4n) is 2.04. The van der Waals surface area contributed by atoms with Crippen LogP contribution in [0.3, 0.4) is 0 Å². The van der Waals surface area contributed by atoms with Gasteiger partial charge in [0.1, 0.15) is 5.75 Å². The van der Waals surface area contributed by atoms with Crippen molar-refractivity contribution in [3.63, 3.8) is 0 Å². The molecule has 1 fully saturated rings. The molecule has 1 aliphatic heterocycles. The summed E-state index contributed by atoms with van der Waals surface area (Å²) in [5, 5.41) is 19.0. The van der Waals surface area contributed by atoms with Gasteiger partial charge in [0.2, 0.25) is 0 Å². The molecule has 0 aliphatic carbocycles. The van der Waals surface area contributed by atoms with Crippen LogP contribution in [0.2, 0.25) is 0 Å². The van der Waals surface area contributed by atoms with Gasteiger partial charge in [0, 0.05) is 44.9 Å². The molecule has 7 heteroatoms. The fraction of sp³-hybridized carbons (Fsp3) is 0.375. The van der Waals surface area contributed by atoms with Gasteiger partial charge in [-0.15, -0.1) is 0 Å². The molecule has 1 saturated heterocycles. The fourth-order valence-corrected chi connectivity index (χ4v) is 2.04. The Balaban J connectivity index is 0.000000284. The van der Waals surface area contributed by atoms with Crippen molar-refractivity contribution in [1.82, 2.24) is 10.2 Å². The van der Waals surface area contributed by atoms with Crippen LogP contribution in [0.5, 0.6) is 5.75 Å². The molecule has 0 spiro atoms. The number of rotatable bonds is 5. The lowest BCUT2D eigenvalue weighted by molar-refractivity contribution is -0.134. The second kappa shape index (κ2) is 10.4. The van der Waals surface area contributed by atoms with Gasteiger partial charge in [0.05, 0.1) is 7.11 Å². The number of ether oxygens (including phenoxy) is 1. The number of methoxy groups -OCH3 is 1. The summed E-state index contributed by atoms with van der Waals surface area (Å²) in [6.07, 6.45) is 1.12. The highest BCUT2D eigenvalue weighted by atomic mass is 16.5. The number of carboxylic acid groups (broad SMARTS) is 2. The van der Waals surface area contributed by atoms with E-state index in [1.807, 2.05) is 6.07 Å². The van der Waals surface area contributed by atoms with Gasteiger partial charge in [-0.3, -0.25) is 4.90 Å². The van der Waals surface area contributed by atoms with Crippen molar-refractivity contribution in [2.75, 3.05) is 33.3 Å². The molecule has 0 saturated carbocycles. The van der Waals surface area contributed by atoms with E-state index in [0.29, 0.717) is 12.2 Å². The zero-order valence-corrected chi connectivity index (χ0v) is 13.1. The smallest absolute Gasteiger partial charge is 0.328 e. The summed E-state index contributed by atoms with van der Waals surface area (Å²) in [6.45, 7) is 5.50. The zero-order valence-electron chi connectivity index (χ0n) is 13.1. The van der Waals surface area contributed by atoms with E-state index in [1.165, 1.54) is 5.56 Å². The monoisotopic (exact) mass is 322 g/mol. The minimum atomic E-state index is -1.26. The Morgan fingerprint density at radius 3 is 2.35 bits per heavy atom. The molecule has 0 bridgehead atoms. The van der Waals surface area contributed by atoms with Crippen LogP contribution in [0, 0.1) is 0 Å². The Bertz CT molecular complexity index is 523. The number of piperazine rings is 1. The Morgan fingerprint density at radius 1 is 1.22 bits per heavy atom. The number of hydrogen-bond acceptors (Lipinski definition) is 5. The lowest BCUT2D eigenvalue weighted by Crippen LogP contribution is -2.42. The maximum Gasteiger partial charge on any atom is 0.328 e. The summed E-state index contributed by atoms with van der Waals surface area (Å²) in [5.41, 5.74) is 1.33. The van der Waals surface area contributed by atoms with E-state index in [2.05, 4.69) is 28.4 Å². The lowest BCUT2D eigenvalue weighted by Gasteiger charge is -2.27. The van der Waals surface area contributed by atoms with Gasteiger partial charge < -0.3 is 20.3 Å². The van der Waals surface area contributed by atoms with E-state index in [-0.39, 0.29) is 0 Å². The van der Waals surface area contributed by atoms with Crippen molar-refractivity contribution in [2.45, 2.75) is 6.54 Å². The van der Waals surface area contributed by atoms with Gasteiger partial charge in [-0.25, -0.2) is 9.59 Å². The van der Waals surface area contributed by atoms with E-state index in [9.17, 15) is 9.59 Å². The van der Waals surface area contributed by atoms with Gasteiger partial charge in [0.25, 0.3) is 0 Å². The summed E-state index contributed by atoms with van der Waals surface area (Å²) in [4.78, 5) is 21.6. The minimum absolute atomic E-state index is 0.558. The van der Waals surface area contributed by atoms with Crippen molar-refractivity contribution in [3.05, 3.63) is 42.0 Å². The SMILES string of the molecule is COc1cccc(CN2CCNCC2)c1.O=C(O)/C=C/C(=O)O. The Kier molecular flexibility index (Phi) is 8.41. The van der Waals surface area contributed by atoms with Crippen molar-refractivity contribution < 1.29 is 24.5 Å². The van der Waals surface area contributed by atoms with Crippen LogP contribution in [0.15, 0.2) is 36.4 Å². The normalized spacial score (nSPS) is 14.8. The predicted octanol–water partition coefficient (Wildman–Crippen LogP) is 0.812. The molecule has 7 nitrogen and oxygen atoms in total. The predicted molar refractivity (Wildman–Crippen MR) is 85.6 cm³/mol. The van der Waals surface area contributed by atoms with E-state index in [0.717, 1.165) is 38.5 Å². The third kappa shape index (κ3) is 8.60. The number of hydrogen-bond donors (Lipinski definition) is 3. The second-order valence-corrected chi connectivity index (χ2v) is 4.89. The van der Waals surface area contributed by atoms with E-state index >= 15 is 0 Å². The molecule has 23 heavy (non-hydrogen) atoms. The first kappa shape index (κ1) is 18.7. The summed E-state index contributed by atoms with van der Waals surface area (Å²) in [6, 6.07) is 8.31. The van der Waals surface area contributed by atoms with Crippen LogP contribution in [0.4, 0.5) is 0 Å². The number of nitrogens with one attached hydrogen (secondary N) is 1. The van der Waals surface area contributed by atoms with Crippen LogP contribution < -0.4 is 10.1 Å². The quantitative estimate of drug-likeness (QED) is 0.690. The molecule has 0 radical (unpaired) electrons. The molecule has 1 aromatic carbocycles. The first-order valence-electron chi connectivity index (χ1n) is 7.21. The molecule has 0 amide bonds. The Hall–Kier alpha value is -2.38.